The number of amides is 1. The molecule has 18 heavy (non-hydrogen) atoms. The Morgan fingerprint density at radius 1 is 1.28 bits per heavy atom. The van der Waals surface area contributed by atoms with Gasteiger partial charge in [0.1, 0.15) is 11.4 Å². The van der Waals surface area contributed by atoms with E-state index in [0.29, 0.717) is 12.3 Å². The second-order valence-electron chi connectivity index (χ2n) is 4.28. The van der Waals surface area contributed by atoms with Crippen LogP contribution in [0.15, 0.2) is 42.6 Å². The van der Waals surface area contributed by atoms with Gasteiger partial charge in [-0.3, -0.25) is 4.79 Å². The van der Waals surface area contributed by atoms with Crippen LogP contribution in [0.5, 0.6) is 5.75 Å². The Morgan fingerprint density at radius 3 is 3.00 bits per heavy atom. The van der Waals surface area contributed by atoms with Crippen molar-refractivity contribution in [1.82, 2.24) is 10.3 Å². The molecule has 3 rings (SSSR count). The molecular formula is C14H14N2O2. The molecule has 0 unspecified atom stereocenters. The lowest BCUT2D eigenvalue weighted by Crippen LogP contribution is -2.32. The number of hydrogen-bond donors (Lipinski definition) is 2. The van der Waals surface area contributed by atoms with Gasteiger partial charge in [0.2, 0.25) is 0 Å². The SMILES string of the molecule is O=C(N[C@@H]1CCOc2ccccc21)c1ccc[nH]1. The molecule has 4 heteroatoms. The first-order valence-corrected chi connectivity index (χ1v) is 6.00. The van der Waals surface area contributed by atoms with Gasteiger partial charge in [-0.05, 0) is 18.2 Å². The summed E-state index contributed by atoms with van der Waals surface area (Å²) in [5.74, 6) is 0.780. The largest absolute Gasteiger partial charge is 0.493 e. The molecule has 92 valence electrons. The molecule has 1 amide bonds. The highest BCUT2D eigenvalue weighted by Gasteiger charge is 2.23. The van der Waals surface area contributed by atoms with E-state index >= 15 is 0 Å². The summed E-state index contributed by atoms with van der Waals surface area (Å²) < 4.78 is 5.57. The Labute approximate surface area is 105 Å². The van der Waals surface area contributed by atoms with E-state index < -0.39 is 0 Å². The molecule has 0 spiro atoms. The minimum absolute atomic E-state index is 0.0192. The molecule has 2 aromatic rings. The number of aromatic amines is 1. The van der Waals surface area contributed by atoms with Crippen LogP contribution in [-0.2, 0) is 0 Å². The van der Waals surface area contributed by atoms with Crippen LogP contribution < -0.4 is 10.1 Å². The van der Waals surface area contributed by atoms with Crippen molar-refractivity contribution >= 4 is 5.91 Å². The second-order valence-corrected chi connectivity index (χ2v) is 4.28. The van der Waals surface area contributed by atoms with E-state index in [1.54, 1.807) is 12.3 Å². The van der Waals surface area contributed by atoms with Gasteiger partial charge in [0.05, 0.1) is 12.6 Å². The first-order valence-electron chi connectivity index (χ1n) is 6.00. The van der Waals surface area contributed by atoms with E-state index in [1.807, 2.05) is 30.3 Å². The minimum atomic E-state index is -0.0818. The van der Waals surface area contributed by atoms with Crippen LogP contribution in [0.1, 0.15) is 28.5 Å². The molecule has 0 saturated carbocycles. The number of carbonyl (C=O) groups is 1. The molecule has 1 aliphatic rings. The molecule has 0 aliphatic carbocycles. The maximum atomic E-state index is 12.0. The zero-order valence-electron chi connectivity index (χ0n) is 9.85. The van der Waals surface area contributed by atoms with Crippen molar-refractivity contribution in [2.24, 2.45) is 0 Å². The highest BCUT2D eigenvalue weighted by atomic mass is 16.5. The van der Waals surface area contributed by atoms with Crippen LogP contribution in [0, 0.1) is 0 Å². The molecule has 2 N–H and O–H groups in total. The summed E-state index contributed by atoms with van der Waals surface area (Å²) in [6.07, 6.45) is 2.54. The summed E-state index contributed by atoms with van der Waals surface area (Å²) in [4.78, 5) is 14.9. The molecule has 1 aromatic carbocycles. The summed E-state index contributed by atoms with van der Waals surface area (Å²) in [5, 5.41) is 3.03. The first kappa shape index (κ1) is 10.9. The normalized spacial score (nSPS) is 17.7. The second kappa shape index (κ2) is 4.56. The fraction of sp³-hybridized carbons (Fsp3) is 0.214. The van der Waals surface area contributed by atoms with Crippen molar-refractivity contribution < 1.29 is 9.53 Å². The number of nitrogens with one attached hydrogen (secondary N) is 2. The van der Waals surface area contributed by atoms with Gasteiger partial charge < -0.3 is 15.0 Å². The van der Waals surface area contributed by atoms with E-state index in [1.165, 1.54) is 0 Å². The zero-order valence-corrected chi connectivity index (χ0v) is 9.85. The third-order valence-corrected chi connectivity index (χ3v) is 3.11. The fourth-order valence-corrected chi connectivity index (χ4v) is 2.20. The summed E-state index contributed by atoms with van der Waals surface area (Å²) in [5.41, 5.74) is 1.63. The molecular weight excluding hydrogens is 228 g/mol. The van der Waals surface area contributed by atoms with Crippen molar-refractivity contribution in [2.45, 2.75) is 12.5 Å². The lowest BCUT2D eigenvalue weighted by Gasteiger charge is -2.26. The molecule has 2 heterocycles. The van der Waals surface area contributed by atoms with Gasteiger partial charge in [0, 0.05) is 18.2 Å². The Bertz CT molecular complexity index is 549. The summed E-state index contributed by atoms with van der Waals surface area (Å²) in [7, 11) is 0. The number of benzene rings is 1. The number of ether oxygens (including phenoxy) is 1. The summed E-state index contributed by atoms with van der Waals surface area (Å²) in [6, 6.07) is 11.4. The van der Waals surface area contributed by atoms with Gasteiger partial charge in [0.25, 0.3) is 5.91 Å². The zero-order chi connectivity index (χ0) is 12.4. The van der Waals surface area contributed by atoms with Crippen LogP contribution in [0.2, 0.25) is 0 Å². The van der Waals surface area contributed by atoms with Crippen LogP contribution in [0.3, 0.4) is 0 Å². The van der Waals surface area contributed by atoms with Crippen molar-refractivity contribution in [2.75, 3.05) is 6.61 Å². The predicted molar refractivity (Wildman–Crippen MR) is 67.6 cm³/mol. The third-order valence-electron chi connectivity index (χ3n) is 3.11. The third kappa shape index (κ3) is 1.97. The molecule has 4 nitrogen and oxygen atoms in total. The molecule has 0 saturated heterocycles. The molecule has 0 radical (unpaired) electrons. The Morgan fingerprint density at radius 2 is 2.17 bits per heavy atom. The van der Waals surface area contributed by atoms with Gasteiger partial charge >= 0.3 is 0 Å². The Hall–Kier alpha value is -2.23. The lowest BCUT2D eigenvalue weighted by atomic mass is 10.0. The van der Waals surface area contributed by atoms with Crippen LogP contribution in [0.4, 0.5) is 0 Å². The number of fused-ring (bicyclic) bond motifs is 1. The van der Waals surface area contributed by atoms with Crippen molar-refractivity contribution in [1.29, 1.82) is 0 Å². The lowest BCUT2D eigenvalue weighted by molar-refractivity contribution is 0.0920. The van der Waals surface area contributed by atoms with E-state index in [2.05, 4.69) is 10.3 Å². The van der Waals surface area contributed by atoms with Gasteiger partial charge in [-0.25, -0.2) is 0 Å². The number of carbonyl (C=O) groups excluding carboxylic acids is 1. The van der Waals surface area contributed by atoms with Gasteiger partial charge in [-0.1, -0.05) is 18.2 Å². The average molecular weight is 242 g/mol. The van der Waals surface area contributed by atoms with Crippen LogP contribution >= 0.6 is 0 Å². The molecule has 0 fully saturated rings. The van der Waals surface area contributed by atoms with E-state index in [0.717, 1.165) is 17.7 Å². The maximum absolute atomic E-state index is 12.0. The van der Waals surface area contributed by atoms with E-state index in [-0.39, 0.29) is 11.9 Å². The van der Waals surface area contributed by atoms with Crippen molar-refractivity contribution in [3.63, 3.8) is 0 Å². The van der Waals surface area contributed by atoms with Crippen LogP contribution in [-0.4, -0.2) is 17.5 Å². The highest BCUT2D eigenvalue weighted by Crippen LogP contribution is 2.31. The van der Waals surface area contributed by atoms with Gasteiger partial charge in [-0.2, -0.15) is 0 Å². The maximum Gasteiger partial charge on any atom is 0.268 e. The topological polar surface area (TPSA) is 54.1 Å². The Kier molecular flexibility index (Phi) is 2.76. The number of rotatable bonds is 2. The van der Waals surface area contributed by atoms with Gasteiger partial charge in [-0.15, -0.1) is 0 Å². The summed E-state index contributed by atoms with van der Waals surface area (Å²) >= 11 is 0. The number of hydrogen-bond acceptors (Lipinski definition) is 2. The van der Waals surface area contributed by atoms with Gasteiger partial charge in [0.15, 0.2) is 0 Å². The molecule has 1 atom stereocenters. The van der Waals surface area contributed by atoms with E-state index in [9.17, 15) is 4.79 Å². The standard InChI is InChI=1S/C14H14N2O2/c17-14(12-5-3-8-15-12)16-11-7-9-18-13-6-2-1-4-10(11)13/h1-6,8,11,15H,7,9H2,(H,16,17)/t11-/m1/s1. The number of para-hydroxylation sites is 1. The quantitative estimate of drug-likeness (QED) is 0.848. The molecule has 1 aliphatic heterocycles. The van der Waals surface area contributed by atoms with Crippen molar-refractivity contribution in [3.8, 4) is 5.75 Å². The number of H-pyrrole nitrogens is 1. The average Bonchev–Trinajstić information content (AvgIpc) is 2.93. The minimum Gasteiger partial charge on any atom is -0.493 e. The van der Waals surface area contributed by atoms with Crippen LogP contribution in [0.25, 0.3) is 0 Å². The predicted octanol–water partition coefficient (Wildman–Crippen LogP) is 2.27. The fourth-order valence-electron chi connectivity index (χ4n) is 2.20. The molecule has 1 aromatic heterocycles. The van der Waals surface area contributed by atoms with Crippen molar-refractivity contribution in [3.05, 3.63) is 53.9 Å². The summed E-state index contributed by atoms with van der Waals surface area (Å²) in [6.45, 7) is 0.632. The highest BCUT2D eigenvalue weighted by molar-refractivity contribution is 5.92. The van der Waals surface area contributed by atoms with E-state index in [4.69, 9.17) is 4.74 Å². The Balaban J connectivity index is 1.80. The smallest absolute Gasteiger partial charge is 0.268 e. The monoisotopic (exact) mass is 242 g/mol. The molecule has 0 bridgehead atoms. The first-order chi connectivity index (χ1) is 8.84. The number of aromatic nitrogens is 1.